The van der Waals surface area contributed by atoms with Gasteiger partial charge in [-0.2, -0.15) is 0 Å². The highest BCUT2D eigenvalue weighted by Gasteiger charge is 2.10. The van der Waals surface area contributed by atoms with Crippen LogP contribution in [0.4, 0.5) is 10.1 Å². The molecule has 5 heteroatoms. The van der Waals surface area contributed by atoms with Crippen molar-refractivity contribution in [1.82, 2.24) is 9.97 Å². The van der Waals surface area contributed by atoms with Gasteiger partial charge < -0.3 is 15.3 Å². The van der Waals surface area contributed by atoms with E-state index in [-0.39, 0.29) is 17.5 Å². The minimum absolute atomic E-state index is 0.0174. The molecule has 2 aromatic carbocycles. The van der Waals surface area contributed by atoms with Crippen LogP contribution in [0.1, 0.15) is 24.9 Å². The molecule has 4 nitrogen and oxygen atoms in total. The van der Waals surface area contributed by atoms with Crippen molar-refractivity contribution >= 4 is 16.7 Å². The Labute approximate surface area is 121 Å². The lowest BCUT2D eigenvalue weighted by Gasteiger charge is -2.19. The first kappa shape index (κ1) is 13.4. The Kier molecular flexibility index (Phi) is 3.48. The van der Waals surface area contributed by atoms with Crippen LogP contribution in [-0.4, -0.2) is 9.97 Å². The molecule has 0 aliphatic rings. The van der Waals surface area contributed by atoms with Gasteiger partial charge in [0.25, 0.3) is 0 Å². The first-order valence-corrected chi connectivity index (χ1v) is 6.90. The standard InChI is InChI=1S/C16H16FN3O/c1-2-13(10-4-3-5-11(17)8-10)18-12-6-7-14-15(9-12)20-16(21)19-14/h3-9,13,18H,2H2,1H3,(H2,19,20,21). The molecule has 1 unspecified atom stereocenters. The van der Waals surface area contributed by atoms with Gasteiger partial charge in [0.2, 0.25) is 0 Å². The largest absolute Gasteiger partial charge is 0.378 e. The molecule has 0 saturated carbocycles. The summed E-state index contributed by atoms with van der Waals surface area (Å²) in [7, 11) is 0. The number of anilines is 1. The van der Waals surface area contributed by atoms with E-state index in [9.17, 15) is 9.18 Å². The fourth-order valence-corrected chi connectivity index (χ4v) is 2.47. The summed E-state index contributed by atoms with van der Waals surface area (Å²) in [5.41, 5.74) is 3.08. The maximum Gasteiger partial charge on any atom is 0.323 e. The number of hydrogen-bond acceptors (Lipinski definition) is 2. The Morgan fingerprint density at radius 1 is 1.14 bits per heavy atom. The molecule has 108 valence electrons. The van der Waals surface area contributed by atoms with Crippen LogP contribution in [-0.2, 0) is 0 Å². The molecule has 1 aromatic heterocycles. The van der Waals surface area contributed by atoms with E-state index in [0.717, 1.165) is 28.7 Å². The topological polar surface area (TPSA) is 60.7 Å². The van der Waals surface area contributed by atoms with E-state index in [4.69, 9.17) is 0 Å². The second-order valence-corrected chi connectivity index (χ2v) is 5.00. The number of fused-ring (bicyclic) bond motifs is 1. The van der Waals surface area contributed by atoms with Gasteiger partial charge >= 0.3 is 5.69 Å². The normalized spacial score (nSPS) is 12.5. The fourth-order valence-electron chi connectivity index (χ4n) is 2.47. The lowest BCUT2D eigenvalue weighted by molar-refractivity contribution is 0.621. The SMILES string of the molecule is CCC(Nc1ccc2[nH]c(=O)[nH]c2c1)c1cccc(F)c1. The fraction of sp³-hybridized carbons (Fsp3) is 0.188. The Morgan fingerprint density at radius 2 is 1.95 bits per heavy atom. The van der Waals surface area contributed by atoms with E-state index in [2.05, 4.69) is 15.3 Å². The van der Waals surface area contributed by atoms with Gasteiger partial charge in [0, 0.05) is 5.69 Å². The van der Waals surface area contributed by atoms with Crippen molar-refractivity contribution in [2.75, 3.05) is 5.32 Å². The summed E-state index contributed by atoms with van der Waals surface area (Å²) in [4.78, 5) is 16.7. The molecule has 0 amide bonds. The van der Waals surface area contributed by atoms with Gasteiger partial charge in [-0.05, 0) is 42.3 Å². The van der Waals surface area contributed by atoms with E-state index in [1.807, 2.05) is 31.2 Å². The third kappa shape index (κ3) is 2.81. The van der Waals surface area contributed by atoms with Crippen LogP contribution < -0.4 is 11.0 Å². The summed E-state index contributed by atoms with van der Waals surface area (Å²) >= 11 is 0. The van der Waals surface area contributed by atoms with Crippen LogP contribution in [0.2, 0.25) is 0 Å². The van der Waals surface area contributed by atoms with Crippen molar-refractivity contribution in [2.45, 2.75) is 19.4 Å². The zero-order valence-corrected chi connectivity index (χ0v) is 11.6. The molecule has 21 heavy (non-hydrogen) atoms. The van der Waals surface area contributed by atoms with Crippen LogP contribution in [0.5, 0.6) is 0 Å². The quantitative estimate of drug-likeness (QED) is 0.686. The van der Waals surface area contributed by atoms with Gasteiger partial charge in [-0.25, -0.2) is 9.18 Å². The molecule has 1 atom stereocenters. The Hall–Kier alpha value is -2.56. The number of aromatic nitrogens is 2. The number of hydrogen-bond donors (Lipinski definition) is 3. The highest BCUT2D eigenvalue weighted by molar-refractivity contribution is 5.78. The highest BCUT2D eigenvalue weighted by Crippen LogP contribution is 2.24. The number of nitrogens with one attached hydrogen (secondary N) is 3. The van der Waals surface area contributed by atoms with E-state index >= 15 is 0 Å². The molecule has 1 heterocycles. The number of aromatic amines is 2. The maximum absolute atomic E-state index is 13.3. The van der Waals surface area contributed by atoms with Crippen LogP contribution in [0.25, 0.3) is 11.0 Å². The molecule has 0 saturated heterocycles. The van der Waals surface area contributed by atoms with Crippen molar-refractivity contribution in [2.24, 2.45) is 0 Å². The Balaban J connectivity index is 1.89. The van der Waals surface area contributed by atoms with Gasteiger partial charge in [-0.15, -0.1) is 0 Å². The maximum atomic E-state index is 13.3. The van der Waals surface area contributed by atoms with Crippen molar-refractivity contribution in [3.05, 3.63) is 64.3 Å². The molecule has 0 bridgehead atoms. The molecule has 0 aliphatic carbocycles. The number of rotatable bonds is 4. The van der Waals surface area contributed by atoms with Gasteiger partial charge in [0.15, 0.2) is 0 Å². The monoisotopic (exact) mass is 285 g/mol. The van der Waals surface area contributed by atoms with Crippen LogP contribution >= 0.6 is 0 Å². The molecule has 3 rings (SSSR count). The van der Waals surface area contributed by atoms with E-state index < -0.39 is 0 Å². The summed E-state index contributed by atoms with van der Waals surface area (Å²) in [5, 5.41) is 3.37. The first-order valence-electron chi connectivity index (χ1n) is 6.90. The van der Waals surface area contributed by atoms with Gasteiger partial charge in [-0.1, -0.05) is 19.1 Å². The summed E-state index contributed by atoms with van der Waals surface area (Å²) in [6.07, 6.45) is 0.825. The summed E-state index contributed by atoms with van der Waals surface area (Å²) < 4.78 is 13.3. The molecule has 0 fully saturated rings. The number of benzene rings is 2. The minimum atomic E-state index is -0.238. The molecule has 3 aromatic rings. The number of imidazole rings is 1. The van der Waals surface area contributed by atoms with Crippen molar-refractivity contribution in [3.8, 4) is 0 Å². The van der Waals surface area contributed by atoms with Crippen LogP contribution in [0, 0.1) is 5.82 Å². The highest BCUT2D eigenvalue weighted by atomic mass is 19.1. The Bertz CT molecular complexity index is 822. The van der Waals surface area contributed by atoms with Crippen molar-refractivity contribution < 1.29 is 4.39 Å². The van der Waals surface area contributed by atoms with Crippen molar-refractivity contribution in [1.29, 1.82) is 0 Å². The lowest BCUT2D eigenvalue weighted by atomic mass is 10.0. The van der Waals surface area contributed by atoms with E-state index in [0.29, 0.717) is 0 Å². The van der Waals surface area contributed by atoms with Gasteiger partial charge in [0.05, 0.1) is 17.1 Å². The summed E-state index contributed by atoms with van der Waals surface area (Å²) in [6, 6.07) is 12.2. The predicted molar refractivity (Wildman–Crippen MR) is 82.0 cm³/mol. The summed E-state index contributed by atoms with van der Waals surface area (Å²) in [5.74, 6) is -0.238. The van der Waals surface area contributed by atoms with E-state index in [1.165, 1.54) is 12.1 Å². The average molecular weight is 285 g/mol. The molecular formula is C16H16FN3O. The smallest absolute Gasteiger partial charge is 0.323 e. The van der Waals surface area contributed by atoms with Crippen LogP contribution in [0.15, 0.2) is 47.3 Å². The second-order valence-electron chi connectivity index (χ2n) is 5.00. The molecule has 3 N–H and O–H groups in total. The average Bonchev–Trinajstić information content (AvgIpc) is 2.84. The summed E-state index contributed by atoms with van der Waals surface area (Å²) in [6.45, 7) is 2.04. The minimum Gasteiger partial charge on any atom is -0.378 e. The zero-order valence-electron chi connectivity index (χ0n) is 11.6. The zero-order chi connectivity index (χ0) is 14.8. The first-order chi connectivity index (χ1) is 10.2. The number of halogens is 1. The third-order valence-corrected chi connectivity index (χ3v) is 3.52. The van der Waals surface area contributed by atoms with E-state index in [1.54, 1.807) is 6.07 Å². The number of H-pyrrole nitrogens is 2. The molecular weight excluding hydrogens is 269 g/mol. The molecule has 0 spiro atoms. The second kappa shape index (κ2) is 5.44. The van der Waals surface area contributed by atoms with Gasteiger partial charge in [0.1, 0.15) is 5.82 Å². The Morgan fingerprint density at radius 3 is 2.71 bits per heavy atom. The van der Waals surface area contributed by atoms with Crippen LogP contribution in [0.3, 0.4) is 0 Å². The predicted octanol–water partition coefficient (Wildman–Crippen LogP) is 3.56. The van der Waals surface area contributed by atoms with Gasteiger partial charge in [-0.3, -0.25) is 0 Å². The third-order valence-electron chi connectivity index (χ3n) is 3.52. The lowest BCUT2D eigenvalue weighted by Crippen LogP contribution is -2.09. The molecule has 0 aliphatic heterocycles. The van der Waals surface area contributed by atoms with Crippen molar-refractivity contribution in [3.63, 3.8) is 0 Å². The molecule has 0 radical (unpaired) electrons.